The third-order valence-corrected chi connectivity index (χ3v) is 4.10. The number of phenols is 2. The summed E-state index contributed by atoms with van der Waals surface area (Å²) in [7, 11) is 1.73. The number of hydrogen-bond acceptors (Lipinski definition) is 4. The number of phenolic OH excluding ortho intramolecular Hbond substituents is 2. The van der Waals surface area contributed by atoms with Crippen LogP contribution in [0.2, 0.25) is 0 Å². The number of nitriles is 1. The Morgan fingerprint density at radius 1 is 1.27 bits per heavy atom. The van der Waals surface area contributed by atoms with E-state index in [1.54, 1.807) is 18.0 Å². The van der Waals surface area contributed by atoms with Crippen LogP contribution in [-0.4, -0.2) is 34.1 Å². The summed E-state index contributed by atoms with van der Waals surface area (Å²) < 4.78 is 0. The summed E-state index contributed by atoms with van der Waals surface area (Å²) >= 11 is 0. The van der Waals surface area contributed by atoms with Crippen LogP contribution in [0.4, 0.5) is 0 Å². The summed E-state index contributed by atoms with van der Waals surface area (Å²) in [5.41, 5.74) is 0.524. The van der Waals surface area contributed by atoms with Crippen molar-refractivity contribution in [3.63, 3.8) is 0 Å². The highest BCUT2D eigenvalue weighted by molar-refractivity contribution is 6.01. The Labute approximate surface area is 130 Å². The summed E-state index contributed by atoms with van der Waals surface area (Å²) in [6.45, 7) is 0. The zero-order valence-electron chi connectivity index (χ0n) is 12.6. The molecule has 1 amide bonds. The van der Waals surface area contributed by atoms with E-state index in [0.29, 0.717) is 5.56 Å². The second-order valence-corrected chi connectivity index (χ2v) is 5.63. The number of aromatic hydroxyl groups is 2. The van der Waals surface area contributed by atoms with E-state index in [0.717, 1.165) is 25.7 Å². The Kier molecular flexibility index (Phi) is 5.05. The number of likely N-dealkylation sites (N-methyl/N-ethyl adjacent to an activating group) is 1. The molecule has 0 radical (unpaired) electrons. The lowest BCUT2D eigenvalue weighted by atomic mass is 9.94. The van der Waals surface area contributed by atoms with Crippen LogP contribution in [0.15, 0.2) is 23.8 Å². The van der Waals surface area contributed by atoms with Gasteiger partial charge in [-0.15, -0.1) is 0 Å². The topological polar surface area (TPSA) is 84.6 Å². The van der Waals surface area contributed by atoms with Gasteiger partial charge in [-0.3, -0.25) is 4.79 Å². The first-order valence-corrected chi connectivity index (χ1v) is 7.44. The summed E-state index contributed by atoms with van der Waals surface area (Å²) in [6, 6.07) is 6.30. The van der Waals surface area contributed by atoms with Crippen LogP contribution in [0.3, 0.4) is 0 Å². The highest BCUT2D eigenvalue weighted by Gasteiger charge is 2.24. The Balaban J connectivity index is 2.19. The second kappa shape index (κ2) is 6.99. The predicted octanol–water partition coefficient (Wildman–Crippen LogP) is 2.80. The van der Waals surface area contributed by atoms with E-state index in [2.05, 4.69) is 0 Å². The van der Waals surface area contributed by atoms with Gasteiger partial charge in [0.05, 0.1) is 0 Å². The molecule has 0 heterocycles. The molecule has 0 aliphatic heterocycles. The standard InChI is InChI=1S/C17H20N2O3/c1-19(14-5-3-2-4-6-14)17(22)13(11-18)9-12-7-8-15(20)16(21)10-12/h7-10,14,20-21H,2-6H2,1H3/b13-9+. The average molecular weight is 300 g/mol. The number of carbonyl (C=O) groups excluding carboxylic acids is 1. The Hall–Kier alpha value is -2.48. The smallest absolute Gasteiger partial charge is 0.264 e. The lowest BCUT2D eigenvalue weighted by Crippen LogP contribution is -2.38. The minimum atomic E-state index is -0.304. The van der Waals surface area contributed by atoms with Crippen molar-refractivity contribution < 1.29 is 15.0 Å². The van der Waals surface area contributed by atoms with Gasteiger partial charge in [0.15, 0.2) is 11.5 Å². The first kappa shape index (κ1) is 15.9. The Morgan fingerprint density at radius 3 is 2.55 bits per heavy atom. The molecule has 0 spiro atoms. The van der Waals surface area contributed by atoms with Gasteiger partial charge in [-0.05, 0) is 36.6 Å². The van der Waals surface area contributed by atoms with E-state index < -0.39 is 0 Å². The number of benzene rings is 1. The van der Waals surface area contributed by atoms with Crippen molar-refractivity contribution in [2.45, 2.75) is 38.1 Å². The lowest BCUT2D eigenvalue weighted by Gasteiger charge is -2.31. The molecule has 116 valence electrons. The van der Waals surface area contributed by atoms with E-state index in [9.17, 15) is 20.3 Å². The SMILES string of the molecule is CN(C(=O)/C(C#N)=C/c1ccc(O)c(O)c1)C1CCCCC1. The average Bonchev–Trinajstić information content (AvgIpc) is 2.55. The van der Waals surface area contributed by atoms with Crippen LogP contribution >= 0.6 is 0 Å². The van der Waals surface area contributed by atoms with Crippen LogP contribution in [0.1, 0.15) is 37.7 Å². The zero-order valence-corrected chi connectivity index (χ0v) is 12.6. The number of rotatable bonds is 3. The number of nitrogens with zero attached hydrogens (tertiary/aromatic N) is 2. The Bertz CT molecular complexity index is 625. The van der Waals surface area contributed by atoms with Crippen molar-refractivity contribution in [3.8, 4) is 17.6 Å². The number of hydrogen-bond donors (Lipinski definition) is 2. The van der Waals surface area contributed by atoms with Crippen molar-refractivity contribution in [3.05, 3.63) is 29.3 Å². The molecule has 1 aliphatic rings. The fourth-order valence-electron chi connectivity index (χ4n) is 2.76. The van der Waals surface area contributed by atoms with E-state index in [1.165, 1.54) is 24.6 Å². The van der Waals surface area contributed by atoms with E-state index >= 15 is 0 Å². The summed E-state index contributed by atoms with van der Waals surface area (Å²) in [6.07, 6.45) is 6.80. The van der Waals surface area contributed by atoms with Crippen molar-refractivity contribution in [1.82, 2.24) is 4.90 Å². The molecule has 2 rings (SSSR count). The van der Waals surface area contributed by atoms with Gasteiger partial charge in [-0.1, -0.05) is 25.3 Å². The van der Waals surface area contributed by atoms with Crippen molar-refractivity contribution in [1.29, 1.82) is 5.26 Å². The minimum absolute atomic E-state index is 0.0261. The highest BCUT2D eigenvalue weighted by atomic mass is 16.3. The van der Waals surface area contributed by atoms with E-state index in [4.69, 9.17) is 0 Å². The molecule has 0 atom stereocenters. The lowest BCUT2D eigenvalue weighted by molar-refractivity contribution is -0.127. The number of amides is 1. The zero-order chi connectivity index (χ0) is 16.1. The molecule has 0 saturated heterocycles. The summed E-state index contributed by atoms with van der Waals surface area (Å²) in [4.78, 5) is 14.1. The van der Waals surface area contributed by atoms with Crippen molar-refractivity contribution in [2.24, 2.45) is 0 Å². The first-order chi connectivity index (χ1) is 10.5. The number of carbonyl (C=O) groups is 1. The monoisotopic (exact) mass is 300 g/mol. The molecule has 1 aromatic rings. The fourth-order valence-corrected chi connectivity index (χ4v) is 2.76. The molecule has 1 saturated carbocycles. The van der Waals surface area contributed by atoms with Crippen LogP contribution in [0.25, 0.3) is 6.08 Å². The van der Waals surface area contributed by atoms with Gasteiger partial charge in [0, 0.05) is 13.1 Å². The first-order valence-electron chi connectivity index (χ1n) is 7.44. The van der Waals surface area contributed by atoms with Gasteiger partial charge >= 0.3 is 0 Å². The largest absolute Gasteiger partial charge is 0.504 e. The molecular formula is C17H20N2O3. The minimum Gasteiger partial charge on any atom is -0.504 e. The van der Waals surface area contributed by atoms with Gasteiger partial charge in [0.2, 0.25) is 0 Å². The molecule has 5 nitrogen and oxygen atoms in total. The molecule has 22 heavy (non-hydrogen) atoms. The molecule has 0 unspecified atom stereocenters. The van der Waals surface area contributed by atoms with Gasteiger partial charge in [0.25, 0.3) is 5.91 Å². The predicted molar refractivity (Wildman–Crippen MR) is 83.0 cm³/mol. The molecule has 5 heteroatoms. The van der Waals surface area contributed by atoms with Gasteiger partial charge in [0.1, 0.15) is 11.6 Å². The van der Waals surface area contributed by atoms with Gasteiger partial charge < -0.3 is 15.1 Å². The maximum absolute atomic E-state index is 12.5. The van der Waals surface area contributed by atoms with Crippen LogP contribution < -0.4 is 0 Å². The van der Waals surface area contributed by atoms with E-state index in [-0.39, 0.29) is 29.0 Å². The van der Waals surface area contributed by atoms with Crippen LogP contribution in [0, 0.1) is 11.3 Å². The maximum Gasteiger partial charge on any atom is 0.264 e. The third kappa shape index (κ3) is 3.59. The highest BCUT2D eigenvalue weighted by Crippen LogP contribution is 2.27. The van der Waals surface area contributed by atoms with Crippen LogP contribution in [-0.2, 0) is 4.79 Å². The fraction of sp³-hybridized carbons (Fsp3) is 0.412. The van der Waals surface area contributed by atoms with Crippen LogP contribution in [0.5, 0.6) is 11.5 Å². The van der Waals surface area contributed by atoms with Gasteiger partial charge in [-0.25, -0.2) is 0 Å². The molecule has 0 bridgehead atoms. The van der Waals surface area contributed by atoms with Crippen molar-refractivity contribution in [2.75, 3.05) is 7.05 Å². The molecule has 0 aromatic heterocycles. The molecule has 1 fully saturated rings. The van der Waals surface area contributed by atoms with E-state index in [1.807, 2.05) is 6.07 Å². The second-order valence-electron chi connectivity index (χ2n) is 5.63. The molecule has 1 aliphatic carbocycles. The van der Waals surface area contributed by atoms with Crippen molar-refractivity contribution >= 4 is 12.0 Å². The third-order valence-electron chi connectivity index (χ3n) is 4.10. The van der Waals surface area contributed by atoms with Gasteiger partial charge in [-0.2, -0.15) is 5.26 Å². The quantitative estimate of drug-likeness (QED) is 0.510. The summed E-state index contributed by atoms with van der Waals surface area (Å²) in [5.74, 6) is -0.817. The normalized spacial score (nSPS) is 16.1. The Morgan fingerprint density at radius 2 is 1.95 bits per heavy atom. The molecular weight excluding hydrogens is 280 g/mol. The maximum atomic E-state index is 12.5. The summed E-state index contributed by atoms with van der Waals surface area (Å²) in [5, 5.41) is 28.0. The molecule has 1 aromatic carbocycles. The molecule has 2 N–H and O–H groups in total.